The van der Waals surface area contributed by atoms with Crippen molar-refractivity contribution in [3.8, 4) is 5.75 Å². The molecule has 0 saturated carbocycles. The van der Waals surface area contributed by atoms with Crippen molar-refractivity contribution < 1.29 is 4.74 Å². The molecule has 0 spiro atoms. The van der Waals surface area contributed by atoms with E-state index in [1.54, 1.807) is 7.11 Å². The highest BCUT2D eigenvalue weighted by Gasteiger charge is 2.15. The van der Waals surface area contributed by atoms with E-state index in [0.717, 1.165) is 62.6 Å². The number of rotatable bonds is 6. The van der Waals surface area contributed by atoms with Crippen molar-refractivity contribution in [2.45, 2.75) is 25.7 Å². The molecule has 0 bridgehead atoms. The molecule has 0 amide bonds. The van der Waals surface area contributed by atoms with Gasteiger partial charge in [-0.2, -0.15) is 4.98 Å². The first-order valence-corrected chi connectivity index (χ1v) is 8.49. The molecule has 1 aromatic carbocycles. The summed E-state index contributed by atoms with van der Waals surface area (Å²) in [5.41, 5.74) is 9.37. The van der Waals surface area contributed by atoms with Crippen molar-refractivity contribution in [3.05, 3.63) is 41.1 Å². The molecule has 3 rings (SSSR count). The summed E-state index contributed by atoms with van der Waals surface area (Å²) in [6.45, 7) is 2.74. The number of hydrogen-bond acceptors (Lipinski definition) is 6. The highest BCUT2D eigenvalue weighted by atomic mass is 16.5. The summed E-state index contributed by atoms with van der Waals surface area (Å²) in [6.07, 6.45) is 3.79. The smallest absolute Gasteiger partial charge is 0.222 e. The highest BCUT2D eigenvalue weighted by Crippen LogP contribution is 2.21. The second-order valence-corrected chi connectivity index (χ2v) is 5.95. The van der Waals surface area contributed by atoms with E-state index in [-0.39, 0.29) is 0 Å². The number of nitrogens with zero attached hydrogens (tertiary/aromatic N) is 2. The maximum absolute atomic E-state index is 5.87. The lowest BCUT2D eigenvalue weighted by Gasteiger charge is -2.14. The molecule has 0 aliphatic carbocycles. The second-order valence-electron chi connectivity index (χ2n) is 5.95. The monoisotopic (exact) mass is 327 g/mol. The number of nitrogen functional groups attached to an aromatic ring is 1. The molecule has 1 aliphatic rings. The molecule has 0 atom stereocenters. The number of benzene rings is 1. The van der Waals surface area contributed by atoms with Gasteiger partial charge in [-0.25, -0.2) is 4.98 Å². The zero-order valence-electron chi connectivity index (χ0n) is 14.1. The summed E-state index contributed by atoms with van der Waals surface area (Å²) >= 11 is 0. The van der Waals surface area contributed by atoms with Gasteiger partial charge in [0.05, 0.1) is 12.8 Å². The van der Waals surface area contributed by atoms with Crippen molar-refractivity contribution in [3.63, 3.8) is 0 Å². The minimum atomic E-state index is 0.350. The Morgan fingerprint density at radius 2 is 2.04 bits per heavy atom. The zero-order chi connectivity index (χ0) is 16.8. The summed E-state index contributed by atoms with van der Waals surface area (Å²) < 4.78 is 5.40. The van der Waals surface area contributed by atoms with Crippen molar-refractivity contribution in [1.82, 2.24) is 15.3 Å². The predicted molar refractivity (Wildman–Crippen MR) is 96.5 cm³/mol. The van der Waals surface area contributed by atoms with E-state index in [0.29, 0.717) is 5.95 Å². The van der Waals surface area contributed by atoms with E-state index < -0.39 is 0 Å². The van der Waals surface area contributed by atoms with Gasteiger partial charge in [-0.05, 0) is 37.4 Å². The van der Waals surface area contributed by atoms with Crippen LogP contribution in [-0.4, -0.2) is 36.7 Å². The van der Waals surface area contributed by atoms with Crippen LogP contribution in [0.25, 0.3) is 0 Å². The lowest BCUT2D eigenvalue weighted by atomic mass is 10.1. The normalized spacial score (nSPS) is 13.9. The first kappa shape index (κ1) is 16.5. The van der Waals surface area contributed by atoms with E-state index in [1.807, 2.05) is 18.2 Å². The first-order valence-electron chi connectivity index (χ1n) is 8.49. The van der Waals surface area contributed by atoms with Gasteiger partial charge in [0.25, 0.3) is 0 Å². The van der Waals surface area contributed by atoms with E-state index in [2.05, 4.69) is 26.7 Å². The Labute approximate surface area is 142 Å². The Kier molecular flexibility index (Phi) is 5.48. The lowest BCUT2D eigenvalue weighted by molar-refractivity contribution is 0.409. The third-order valence-electron chi connectivity index (χ3n) is 4.31. The largest absolute Gasteiger partial charge is 0.496 e. The van der Waals surface area contributed by atoms with Gasteiger partial charge in [0.1, 0.15) is 11.6 Å². The van der Waals surface area contributed by atoms with Crippen molar-refractivity contribution in [2.75, 3.05) is 37.8 Å². The van der Waals surface area contributed by atoms with Crippen molar-refractivity contribution >= 4 is 11.8 Å². The van der Waals surface area contributed by atoms with Gasteiger partial charge < -0.3 is 21.1 Å². The van der Waals surface area contributed by atoms with E-state index in [1.165, 1.54) is 11.1 Å². The fourth-order valence-corrected chi connectivity index (χ4v) is 3.11. The molecular weight excluding hydrogens is 302 g/mol. The van der Waals surface area contributed by atoms with Crippen LogP contribution in [-0.2, 0) is 19.3 Å². The summed E-state index contributed by atoms with van der Waals surface area (Å²) in [5.74, 6) is 2.19. The Morgan fingerprint density at radius 1 is 1.21 bits per heavy atom. The van der Waals surface area contributed by atoms with Crippen molar-refractivity contribution in [2.24, 2.45) is 0 Å². The third kappa shape index (κ3) is 3.94. The molecule has 6 nitrogen and oxygen atoms in total. The number of nitrogens with one attached hydrogen (secondary N) is 2. The first-order chi connectivity index (χ1) is 11.8. The molecule has 1 aliphatic heterocycles. The van der Waals surface area contributed by atoms with Gasteiger partial charge >= 0.3 is 0 Å². The van der Waals surface area contributed by atoms with Crippen LogP contribution in [0.3, 0.4) is 0 Å². The lowest BCUT2D eigenvalue weighted by Crippen LogP contribution is -2.16. The summed E-state index contributed by atoms with van der Waals surface area (Å²) in [7, 11) is 1.71. The summed E-state index contributed by atoms with van der Waals surface area (Å²) in [6, 6.07) is 8.15. The average Bonchev–Trinajstić information content (AvgIpc) is 2.84. The minimum absolute atomic E-state index is 0.350. The molecular formula is C18H25N5O. The number of hydrogen-bond donors (Lipinski definition) is 3. The SMILES string of the molecule is COc1ccccc1CCCNc1nc(N)nc2c1CCNCC2. The van der Waals surface area contributed by atoms with Gasteiger partial charge in [0.2, 0.25) is 5.95 Å². The Hall–Kier alpha value is -2.34. The summed E-state index contributed by atoms with van der Waals surface area (Å²) in [5, 5.41) is 6.84. The molecule has 2 heterocycles. The fraction of sp³-hybridized carbons (Fsp3) is 0.444. The van der Waals surface area contributed by atoms with Gasteiger partial charge in [0, 0.05) is 25.1 Å². The molecule has 0 saturated heterocycles. The van der Waals surface area contributed by atoms with Gasteiger partial charge in [-0.3, -0.25) is 0 Å². The van der Waals surface area contributed by atoms with Crippen LogP contribution in [0.4, 0.5) is 11.8 Å². The molecule has 0 fully saturated rings. The third-order valence-corrected chi connectivity index (χ3v) is 4.31. The number of aryl methyl sites for hydroxylation is 1. The molecule has 6 heteroatoms. The van der Waals surface area contributed by atoms with E-state index >= 15 is 0 Å². The number of fused-ring (bicyclic) bond motifs is 1. The van der Waals surface area contributed by atoms with Gasteiger partial charge in [0.15, 0.2) is 0 Å². The minimum Gasteiger partial charge on any atom is -0.496 e. The van der Waals surface area contributed by atoms with Crippen LogP contribution >= 0.6 is 0 Å². The number of aromatic nitrogens is 2. The average molecular weight is 327 g/mol. The Balaban J connectivity index is 1.62. The van der Waals surface area contributed by atoms with Crippen LogP contribution in [0.2, 0.25) is 0 Å². The highest BCUT2D eigenvalue weighted by molar-refractivity contribution is 5.50. The van der Waals surface area contributed by atoms with Crippen LogP contribution in [0.1, 0.15) is 23.2 Å². The number of methoxy groups -OCH3 is 1. The zero-order valence-corrected chi connectivity index (χ0v) is 14.1. The molecule has 0 radical (unpaired) electrons. The topological polar surface area (TPSA) is 85.1 Å². The van der Waals surface area contributed by atoms with Crippen LogP contribution < -0.4 is 21.1 Å². The summed E-state index contributed by atoms with van der Waals surface area (Å²) in [4.78, 5) is 8.81. The van der Waals surface area contributed by atoms with Crippen LogP contribution in [0.5, 0.6) is 5.75 Å². The maximum atomic E-state index is 5.87. The predicted octanol–water partition coefficient (Wildman–Crippen LogP) is 1.80. The van der Waals surface area contributed by atoms with E-state index in [9.17, 15) is 0 Å². The van der Waals surface area contributed by atoms with Crippen LogP contribution in [0, 0.1) is 0 Å². The molecule has 2 aromatic rings. The van der Waals surface area contributed by atoms with Gasteiger partial charge in [-0.1, -0.05) is 18.2 Å². The second kappa shape index (κ2) is 7.97. The molecule has 4 N–H and O–H groups in total. The molecule has 24 heavy (non-hydrogen) atoms. The van der Waals surface area contributed by atoms with Crippen molar-refractivity contribution in [1.29, 1.82) is 0 Å². The Morgan fingerprint density at radius 3 is 2.92 bits per heavy atom. The van der Waals surface area contributed by atoms with E-state index in [4.69, 9.17) is 10.5 Å². The molecule has 1 aromatic heterocycles. The number of para-hydroxylation sites is 1. The standard InChI is InChI=1S/C18H25N5O/c1-24-16-7-3-2-5-13(16)6-4-10-21-17-14-8-11-20-12-9-15(14)22-18(19)23-17/h2-3,5,7,20H,4,6,8-12H2,1H3,(H3,19,21,22,23). The number of nitrogens with two attached hydrogens (primary N) is 1. The van der Waals surface area contributed by atoms with Crippen LogP contribution in [0.15, 0.2) is 24.3 Å². The number of anilines is 2. The number of ether oxygens (including phenoxy) is 1. The fourth-order valence-electron chi connectivity index (χ4n) is 3.11. The van der Waals surface area contributed by atoms with Gasteiger partial charge in [-0.15, -0.1) is 0 Å². The molecule has 0 unspecified atom stereocenters. The molecule has 128 valence electrons. The maximum Gasteiger partial charge on any atom is 0.222 e. The quantitative estimate of drug-likeness (QED) is 0.702. The Bertz CT molecular complexity index is 689.